The molecule has 0 radical (unpaired) electrons. The molecule has 3 heteroatoms. The molecule has 0 saturated carbocycles. The highest BCUT2D eigenvalue weighted by molar-refractivity contribution is 8.07. The van der Waals surface area contributed by atoms with Gasteiger partial charge in [0.25, 0.3) is 0 Å². The molecule has 1 heterocycles. The summed E-state index contributed by atoms with van der Waals surface area (Å²) in [5.41, 5.74) is 0. The molecule has 0 aromatic carbocycles. The molecule has 1 aliphatic rings. The van der Waals surface area contributed by atoms with Crippen LogP contribution >= 0.6 is 23.5 Å². The Kier molecular flexibility index (Phi) is 8.01. The molecule has 3 atom stereocenters. The maximum absolute atomic E-state index is 3.77. The molecule has 0 spiro atoms. The Balaban J connectivity index is 2.51. The third-order valence-electron chi connectivity index (χ3n) is 3.15. The maximum Gasteiger partial charge on any atom is 0.0320 e. The monoisotopic (exact) mass is 261 g/mol. The SMILES string of the molecule is CCCNC(CCC)C1SCCSC1CC. The summed E-state index contributed by atoms with van der Waals surface area (Å²) in [4.78, 5) is 0. The lowest BCUT2D eigenvalue weighted by molar-refractivity contribution is 0.450. The van der Waals surface area contributed by atoms with Gasteiger partial charge >= 0.3 is 0 Å². The molecule has 16 heavy (non-hydrogen) atoms. The van der Waals surface area contributed by atoms with Crippen LogP contribution in [0.1, 0.15) is 46.5 Å². The summed E-state index contributed by atoms with van der Waals surface area (Å²) < 4.78 is 0. The molecule has 0 aliphatic carbocycles. The summed E-state index contributed by atoms with van der Waals surface area (Å²) >= 11 is 4.41. The lowest BCUT2D eigenvalue weighted by atomic mass is 10.0. The highest BCUT2D eigenvalue weighted by Gasteiger charge is 2.30. The van der Waals surface area contributed by atoms with Crippen LogP contribution < -0.4 is 5.32 Å². The van der Waals surface area contributed by atoms with E-state index in [2.05, 4.69) is 49.6 Å². The number of hydrogen-bond acceptors (Lipinski definition) is 3. The zero-order valence-corrected chi connectivity index (χ0v) is 12.6. The van der Waals surface area contributed by atoms with E-state index < -0.39 is 0 Å². The number of nitrogens with one attached hydrogen (secondary N) is 1. The Labute approximate surface area is 110 Å². The van der Waals surface area contributed by atoms with Crippen LogP contribution in [0.2, 0.25) is 0 Å². The third kappa shape index (κ3) is 4.50. The number of rotatable bonds is 7. The van der Waals surface area contributed by atoms with Gasteiger partial charge in [-0.05, 0) is 25.8 Å². The Morgan fingerprint density at radius 1 is 1.12 bits per heavy atom. The van der Waals surface area contributed by atoms with Crippen LogP contribution in [-0.2, 0) is 0 Å². The van der Waals surface area contributed by atoms with E-state index in [1.165, 1.54) is 43.7 Å². The van der Waals surface area contributed by atoms with Crippen molar-refractivity contribution in [1.29, 1.82) is 0 Å². The van der Waals surface area contributed by atoms with E-state index in [0.717, 1.165) is 16.5 Å². The van der Waals surface area contributed by atoms with E-state index in [0.29, 0.717) is 0 Å². The van der Waals surface area contributed by atoms with Gasteiger partial charge in [0.15, 0.2) is 0 Å². The molecule has 1 rings (SSSR count). The molecule has 1 fully saturated rings. The van der Waals surface area contributed by atoms with Gasteiger partial charge in [0.05, 0.1) is 0 Å². The number of thioether (sulfide) groups is 2. The molecular weight excluding hydrogens is 234 g/mol. The van der Waals surface area contributed by atoms with E-state index in [9.17, 15) is 0 Å². The molecule has 0 aromatic rings. The van der Waals surface area contributed by atoms with Crippen LogP contribution in [0.4, 0.5) is 0 Å². The van der Waals surface area contributed by atoms with E-state index in [1.54, 1.807) is 0 Å². The molecule has 1 N–H and O–H groups in total. The van der Waals surface area contributed by atoms with Crippen LogP contribution in [-0.4, -0.2) is 34.6 Å². The first-order chi connectivity index (χ1) is 7.83. The first kappa shape index (κ1) is 14.7. The third-order valence-corrected chi connectivity index (χ3v) is 6.55. The van der Waals surface area contributed by atoms with Crippen LogP contribution in [0.25, 0.3) is 0 Å². The predicted octanol–water partition coefficient (Wildman–Crippen LogP) is 3.78. The summed E-state index contributed by atoms with van der Waals surface area (Å²) in [7, 11) is 0. The molecule has 0 aromatic heterocycles. The van der Waals surface area contributed by atoms with Crippen molar-refractivity contribution in [3.8, 4) is 0 Å². The van der Waals surface area contributed by atoms with Crippen molar-refractivity contribution in [3.63, 3.8) is 0 Å². The van der Waals surface area contributed by atoms with Crippen molar-refractivity contribution >= 4 is 23.5 Å². The fourth-order valence-electron chi connectivity index (χ4n) is 2.33. The van der Waals surface area contributed by atoms with E-state index in [4.69, 9.17) is 0 Å². The summed E-state index contributed by atoms with van der Waals surface area (Å²) in [6.45, 7) is 8.10. The van der Waals surface area contributed by atoms with Crippen LogP contribution in [0, 0.1) is 0 Å². The summed E-state index contributed by atoms with van der Waals surface area (Å²) in [6, 6.07) is 0.743. The van der Waals surface area contributed by atoms with Gasteiger partial charge < -0.3 is 5.32 Å². The average molecular weight is 261 g/mol. The van der Waals surface area contributed by atoms with Crippen molar-refractivity contribution in [2.24, 2.45) is 0 Å². The number of hydrogen-bond donors (Lipinski definition) is 1. The van der Waals surface area contributed by atoms with E-state index >= 15 is 0 Å². The second kappa shape index (κ2) is 8.71. The highest BCUT2D eigenvalue weighted by atomic mass is 32.2. The minimum absolute atomic E-state index is 0.743. The molecule has 96 valence electrons. The molecule has 0 amide bonds. The van der Waals surface area contributed by atoms with Crippen molar-refractivity contribution in [1.82, 2.24) is 5.32 Å². The van der Waals surface area contributed by atoms with Gasteiger partial charge in [0.2, 0.25) is 0 Å². The normalized spacial score (nSPS) is 27.9. The molecule has 3 unspecified atom stereocenters. The zero-order valence-electron chi connectivity index (χ0n) is 11.0. The Hall–Kier alpha value is 0.660. The van der Waals surface area contributed by atoms with Crippen LogP contribution in [0.3, 0.4) is 0 Å². The van der Waals surface area contributed by atoms with E-state index in [-0.39, 0.29) is 0 Å². The Morgan fingerprint density at radius 2 is 1.88 bits per heavy atom. The molecule has 1 nitrogen and oxygen atoms in total. The van der Waals surface area contributed by atoms with Crippen molar-refractivity contribution in [3.05, 3.63) is 0 Å². The second-order valence-corrected chi connectivity index (χ2v) is 7.14. The van der Waals surface area contributed by atoms with Crippen molar-refractivity contribution in [2.45, 2.75) is 63.0 Å². The zero-order chi connectivity index (χ0) is 11.8. The fraction of sp³-hybridized carbons (Fsp3) is 1.00. The lowest BCUT2D eigenvalue weighted by Crippen LogP contribution is -2.45. The smallest absolute Gasteiger partial charge is 0.0320 e. The largest absolute Gasteiger partial charge is 0.313 e. The van der Waals surface area contributed by atoms with Crippen LogP contribution in [0.5, 0.6) is 0 Å². The average Bonchev–Trinajstić information content (AvgIpc) is 2.34. The summed E-state index contributed by atoms with van der Waals surface area (Å²) in [6.07, 6.45) is 5.23. The fourth-order valence-corrected chi connectivity index (χ4v) is 5.64. The molecule has 1 aliphatic heterocycles. The van der Waals surface area contributed by atoms with Crippen LogP contribution in [0.15, 0.2) is 0 Å². The summed E-state index contributed by atoms with van der Waals surface area (Å²) in [5, 5.41) is 5.49. The Bertz CT molecular complexity index is 175. The second-order valence-electron chi connectivity index (χ2n) is 4.50. The van der Waals surface area contributed by atoms with Gasteiger partial charge in [0, 0.05) is 28.0 Å². The van der Waals surface area contributed by atoms with Gasteiger partial charge in [-0.3, -0.25) is 0 Å². The minimum Gasteiger partial charge on any atom is -0.313 e. The van der Waals surface area contributed by atoms with Gasteiger partial charge in [0.1, 0.15) is 0 Å². The quantitative estimate of drug-likeness (QED) is 0.749. The van der Waals surface area contributed by atoms with E-state index in [1.807, 2.05) is 0 Å². The van der Waals surface area contributed by atoms with Gasteiger partial charge in [-0.1, -0.05) is 27.2 Å². The van der Waals surface area contributed by atoms with Crippen molar-refractivity contribution < 1.29 is 0 Å². The lowest BCUT2D eigenvalue weighted by Gasteiger charge is -2.36. The maximum atomic E-state index is 3.77. The molecular formula is C13H27NS2. The Morgan fingerprint density at radius 3 is 2.50 bits per heavy atom. The van der Waals surface area contributed by atoms with Gasteiger partial charge in [-0.15, -0.1) is 0 Å². The minimum atomic E-state index is 0.743. The summed E-state index contributed by atoms with van der Waals surface area (Å²) in [5.74, 6) is 2.70. The molecule has 1 saturated heterocycles. The molecule has 0 bridgehead atoms. The van der Waals surface area contributed by atoms with Crippen molar-refractivity contribution in [2.75, 3.05) is 18.1 Å². The first-order valence-corrected chi connectivity index (χ1v) is 8.89. The van der Waals surface area contributed by atoms with Gasteiger partial charge in [-0.2, -0.15) is 23.5 Å². The van der Waals surface area contributed by atoms with Gasteiger partial charge in [-0.25, -0.2) is 0 Å². The predicted molar refractivity (Wildman–Crippen MR) is 79.8 cm³/mol. The topological polar surface area (TPSA) is 12.0 Å². The standard InChI is InChI=1S/C13H27NS2/c1-4-7-11(14-8-5-2)13-12(6-3)15-9-10-16-13/h11-14H,4-10H2,1-3H3. The first-order valence-electron chi connectivity index (χ1n) is 6.80. The highest BCUT2D eigenvalue weighted by Crippen LogP contribution is 2.36.